The van der Waals surface area contributed by atoms with E-state index in [1.54, 1.807) is 6.33 Å². The van der Waals surface area contributed by atoms with Crippen LogP contribution >= 0.6 is 0 Å². The molecule has 0 spiro atoms. The summed E-state index contributed by atoms with van der Waals surface area (Å²) < 4.78 is 5.64. The summed E-state index contributed by atoms with van der Waals surface area (Å²) in [7, 11) is 0. The Morgan fingerprint density at radius 2 is 1.96 bits per heavy atom. The number of rotatable bonds is 8. The van der Waals surface area contributed by atoms with E-state index in [4.69, 9.17) is 10.5 Å². The van der Waals surface area contributed by atoms with Gasteiger partial charge in [-0.15, -0.1) is 0 Å². The lowest BCUT2D eigenvalue weighted by atomic mass is 10.1. The van der Waals surface area contributed by atoms with Crippen LogP contribution in [0.15, 0.2) is 6.33 Å². The minimum atomic E-state index is 0.259. The molecule has 3 N–H and O–H groups in total. The van der Waals surface area contributed by atoms with Gasteiger partial charge in [0.25, 0.3) is 0 Å². The van der Waals surface area contributed by atoms with Gasteiger partial charge in [-0.2, -0.15) is 0 Å². The first-order valence-corrected chi connectivity index (χ1v) is 8.68. The highest BCUT2D eigenvalue weighted by Gasteiger charge is 2.19. The Morgan fingerprint density at radius 1 is 1.26 bits per heavy atom. The number of ether oxygens (including phenoxy) is 1. The fourth-order valence-electron chi connectivity index (χ4n) is 2.92. The van der Waals surface area contributed by atoms with Gasteiger partial charge in [0.05, 0.1) is 6.10 Å². The number of anilines is 3. The molecule has 0 bridgehead atoms. The van der Waals surface area contributed by atoms with Crippen LogP contribution in [0.2, 0.25) is 0 Å². The number of nitrogens with zero attached hydrogens (tertiary/aromatic N) is 3. The van der Waals surface area contributed by atoms with E-state index in [-0.39, 0.29) is 6.10 Å². The topological polar surface area (TPSA) is 76.3 Å². The molecule has 1 saturated heterocycles. The second-order valence-electron chi connectivity index (χ2n) is 7.17. The van der Waals surface area contributed by atoms with Crippen molar-refractivity contribution in [3.05, 3.63) is 6.33 Å². The molecule has 1 aromatic rings. The standard InChI is InChI=1S/C17H31N5O/c1-12(2)9-22(10-13(3)4)17-15(18)16(20-11-21-17)19-8-14-6-5-7-23-14/h11-14H,5-10,18H2,1-4H3,(H,19,20,21). The maximum atomic E-state index is 6.35. The molecule has 1 aliphatic rings. The molecule has 6 nitrogen and oxygen atoms in total. The van der Waals surface area contributed by atoms with Gasteiger partial charge in [-0.05, 0) is 24.7 Å². The molecular formula is C17H31N5O. The van der Waals surface area contributed by atoms with Gasteiger partial charge < -0.3 is 20.7 Å². The van der Waals surface area contributed by atoms with Gasteiger partial charge in [-0.3, -0.25) is 0 Å². The van der Waals surface area contributed by atoms with Crippen LogP contribution in [-0.4, -0.2) is 42.3 Å². The van der Waals surface area contributed by atoms with E-state index in [2.05, 4.69) is 47.9 Å². The monoisotopic (exact) mass is 321 g/mol. The van der Waals surface area contributed by atoms with Gasteiger partial charge in [0.15, 0.2) is 11.6 Å². The number of hydrogen-bond acceptors (Lipinski definition) is 6. The maximum absolute atomic E-state index is 6.35. The Balaban J connectivity index is 2.11. The second kappa shape index (κ2) is 8.34. The molecule has 0 saturated carbocycles. The molecule has 6 heteroatoms. The van der Waals surface area contributed by atoms with Gasteiger partial charge in [0.1, 0.15) is 12.0 Å². The summed E-state index contributed by atoms with van der Waals surface area (Å²) in [5.74, 6) is 2.64. The first-order chi connectivity index (χ1) is 11.0. The lowest BCUT2D eigenvalue weighted by molar-refractivity contribution is 0.120. The Labute approximate surface area is 139 Å². The van der Waals surface area contributed by atoms with Gasteiger partial charge in [0, 0.05) is 26.2 Å². The normalized spacial score (nSPS) is 17.9. The van der Waals surface area contributed by atoms with Crippen LogP contribution < -0.4 is 16.0 Å². The zero-order valence-corrected chi connectivity index (χ0v) is 14.9. The van der Waals surface area contributed by atoms with Crippen molar-refractivity contribution in [2.24, 2.45) is 11.8 Å². The van der Waals surface area contributed by atoms with Gasteiger partial charge >= 0.3 is 0 Å². The van der Waals surface area contributed by atoms with E-state index in [0.29, 0.717) is 23.3 Å². The van der Waals surface area contributed by atoms with Crippen LogP contribution in [0, 0.1) is 11.8 Å². The van der Waals surface area contributed by atoms with Crippen LogP contribution in [0.5, 0.6) is 0 Å². The van der Waals surface area contributed by atoms with E-state index in [0.717, 1.165) is 44.9 Å². The molecule has 0 aromatic carbocycles. The zero-order valence-electron chi connectivity index (χ0n) is 14.9. The van der Waals surface area contributed by atoms with Crippen molar-refractivity contribution < 1.29 is 4.74 Å². The first-order valence-electron chi connectivity index (χ1n) is 8.68. The second-order valence-corrected chi connectivity index (χ2v) is 7.17. The highest BCUT2D eigenvalue weighted by Crippen LogP contribution is 2.27. The lowest BCUT2D eigenvalue weighted by Crippen LogP contribution is -2.33. The molecule has 2 rings (SSSR count). The van der Waals surface area contributed by atoms with Crippen molar-refractivity contribution in [1.29, 1.82) is 0 Å². The van der Waals surface area contributed by atoms with Crippen molar-refractivity contribution in [3.63, 3.8) is 0 Å². The fourth-order valence-corrected chi connectivity index (χ4v) is 2.92. The van der Waals surface area contributed by atoms with Crippen LogP contribution in [-0.2, 0) is 4.74 Å². The van der Waals surface area contributed by atoms with Crippen molar-refractivity contribution in [2.45, 2.75) is 46.6 Å². The van der Waals surface area contributed by atoms with Crippen LogP contribution in [0.1, 0.15) is 40.5 Å². The van der Waals surface area contributed by atoms with Crippen molar-refractivity contribution in [3.8, 4) is 0 Å². The van der Waals surface area contributed by atoms with Crippen LogP contribution in [0.3, 0.4) is 0 Å². The van der Waals surface area contributed by atoms with E-state index in [1.807, 2.05) is 0 Å². The summed E-state index contributed by atoms with van der Waals surface area (Å²) >= 11 is 0. The molecule has 1 aliphatic heterocycles. The van der Waals surface area contributed by atoms with Gasteiger partial charge in [-0.1, -0.05) is 27.7 Å². The lowest BCUT2D eigenvalue weighted by Gasteiger charge is -2.28. The molecule has 2 heterocycles. The molecule has 1 fully saturated rings. The first kappa shape index (κ1) is 17.8. The van der Waals surface area contributed by atoms with Crippen LogP contribution in [0.25, 0.3) is 0 Å². The van der Waals surface area contributed by atoms with E-state index < -0.39 is 0 Å². The fraction of sp³-hybridized carbons (Fsp3) is 0.765. The quantitative estimate of drug-likeness (QED) is 0.767. The largest absolute Gasteiger partial charge is 0.393 e. The third-order valence-electron chi connectivity index (χ3n) is 3.85. The summed E-state index contributed by atoms with van der Waals surface area (Å²) in [6.07, 6.45) is 4.08. The van der Waals surface area contributed by atoms with E-state index in [9.17, 15) is 0 Å². The Bertz CT molecular complexity index is 476. The summed E-state index contributed by atoms with van der Waals surface area (Å²) in [5, 5.41) is 3.33. The predicted molar refractivity (Wildman–Crippen MR) is 95.8 cm³/mol. The zero-order chi connectivity index (χ0) is 16.8. The molecular weight excluding hydrogens is 290 g/mol. The Kier molecular flexibility index (Phi) is 6.45. The maximum Gasteiger partial charge on any atom is 0.157 e. The Morgan fingerprint density at radius 3 is 2.52 bits per heavy atom. The number of nitrogen functional groups attached to an aromatic ring is 1. The molecule has 0 amide bonds. The van der Waals surface area contributed by atoms with E-state index in [1.165, 1.54) is 0 Å². The SMILES string of the molecule is CC(C)CN(CC(C)C)c1ncnc(NCC2CCCO2)c1N. The minimum absolute atomic E-state index is 0.259. The van der Waals surface area contributed by atoms with Crippen LogP contribution in [0.4, 0.5) is 17.3 Å². The molecule has 1 aromatic heterocycles. The van der Waals surface area contributed by atoms with E-state index >= 15 is 0 Å². The molecule has 0 aliphatic carbocycles. The smallest absolute Gasteiger partial charge is 0.157 e. The third kappa shape index (κ3) is 5.23. The molecule has 23 heavy (non-hydrogen) atoms. The highest BCUT2D eigenvalue weighted by molar-refractivity contribution is 5.74. The third-order valence-corrected chi connectivity index (χ3v) is 3.85. The molecule has 0 radical (unpaired) electrons. The average molecular weight is 321 g/mol. The van der Waals surface area contributed by atoms with Crippen molar-refractivity contribution in [2.75, 3.05) is 42.2 Å². The Hall–Kier alpha value is -1.56. The summed E-state index contributed by atoms with van der Waals surface area (Å²) in [5.41, 5.74) is 6.98. The average Bonchev–Trinajstić information content (AvgIpc) is 2.98. The predicted octanol–water partition coefficient (Wildman–Crippen LogP) is 2.77. The van der Waals surface area contributed by atoms with Crippen molar-refractivity contribution >= 4 is 17.3 Å². The summed E-state index contributed by atoms with van der Waals surface area (Å²) in [4.78, 5) is 11.0. The number of aromatic nitrogens is 2. The van der Waals surface area contributed by atoms with Crippen molar-refractivity contribution in [1.82, 2.24) is 9.97 Å². The molecule has 1 atom stereocenters. The number of nitrogens with one attached hydrogen (secondary N) is 1. The highest BCUT2D eigenvalue weighted by atomic mass is 16.5. The summed E-state index contributed by atoms with van der Waals surface area (Å²) in [6, 6.07) is 0. The van der Waals surface area contributed by atoms with Gasteiger partial charge in [-0.25, -0.2) is 9.97 Å². The van der Waals surface area contributed by atoms with Gasteiger partial charge in [0.2, 0.25) is 0 Å². The number of hydrogen-bond donors (Lipinski definition) is 2. The number of nitrogens with two attached hydrogens (primary N) is 1. The molecule has 1 unspecified atom stereocenters. The minimum Gasteiger partial charge on any atom is -0.393 e. The summed E-state index contributed by atoms with van der Waals surface area (Å²) in [6.45, 7) is 12.3. The molecule has 130 valence electrons.